The highest BCUT2D eigenvalue weighted by Gasteiger charge is 2.14. The van der Waals surface area contributed by atoms with E-state index < -0.39 is 0 Å². The Bertz CT molecular complexity index is 158. The molecule has 0 aliphatic rings. The van der Waals surface area contributed by atoms with E-state index in [1.807, 2.05) is 6.08 Å². The monoisotopic (exact) mass is 167 g/mol. The fraction of sp³-hybridized carbons (Fsp3) is 0.636. The van der Waals surface area contributed by atoms with Crippen LogP contribution < -0.4 is 0 Å². The van der Waals surface area contributed by atoms with Crippen molar-refractivity contribution >= 4 is 0 Å². The topological polar surface area (TPSA) is 3.24 Å². The Morgan fingerprint density at radius 1 is 1.42 bits per heavy atom. The molecule has 0 aliphatic carbocycles. The Morgan fingerprint density at radius 2 is 1.92 bits per heavy atom. The molecule has 0 rings (SSSR count). The van der Waals surface area contributed by atoms with E-state index in [2.05, 4.69) is 45.8 Å². The molecule has 0 radical (unpaired) electrons. The van der Waals surface area contributed by atoms with E-state index in [1.165, 1.54) is 0 Å². The zero-order chi connectivity index (χ0) is 9.72. The first-order chi connectivity index (χ1) is 5.54. The van der Waals surface area contributed by atoms with Crippen LogP contribution in [0.4, 0.5) is 0 Å². The van der Waals surface area contributed by atoms with Crippen LogP contribution in [0, 0.1) is 5.92 Å². The lowest BCUT2D eigenvalue weighted by Gasteiger charge is -2.33. The first-order valence-corrected chi connectivity index (χ1v) is 4.62. The molecule has 0 aromatic heterocycles. The molecule has 1 atom stereocenters. The van der Waals surface area contributed by atoms with Crippen molar-refractivity contribution in [3.05, 3.63) is 24.9 Å². The molecule has 0 aromatic rings. The highest BCUT2D eigenvalue weighted by atomic mass is 15.2. The smallest absolute Gasteiger partial charge is 0.0289 e. The molecule has 0 aliphatic heterocycles. The summed E-state index contributed by atoms with van der Waals surface area (Å²) < 4.78 is 0. The number of allylic oxidation sites excluding steroid dienone is 1. The third kappa shape index (κ3) is 2.72. The molecule has 70 valence electrons. The van der Waals surface area contributed by atoms with Gasteiger partial charge in [-0.1, -0.05) is 27.0 Å². The van der Waals surface area contributed by atoms with Crippen LogP contribution in [0.5, 0.6) is 0 Å². The normalized spacial score (nSPS) is 12.8. The molecule has 0 saturated heterocycles. The van der Waals surface area contributed by atoms with Crippen LogP contribution in [-0.4, -0.2) is 17.5 Å². The Kier molecular flexibility index (Phi) is 4.72. The van der Waals surface area contributed by atoms with Gasteiger partial charge < -0.3 is 4.90 Å². The van der Waals surface area contributed by atoms with Gasteiger partial charge in [-0.2, -0.15) is 0 Å². The Balaban J connectivity index is 4.33. The van der Waals surface area contributed by atoms with Gasteiger partial charge >= 0.3 is 0 Å². The molecule has 0 amide bonds. The molecule has 1 unspecified atom stereocenters. The van der Waals surface area contributed by atoms with Crippen molar-refractivity contribution < 1.29 is 0 Å². The summed E-state index contributed by atoms with van der Waals surface area (Å²) in [6.45, 7) is 17.5. The van der Waals surface area contributed by atoms with Crippen molar-refractivity contribution in [3.8, 4) is 0 Å². The molecular weight excluding hydrogens is 146 g/mol. The third-order valence-electron chi connectivity index (χ3n) is 2.40. The molecule has 0 saturated carbocycles. The Labute approximate surface area is 76.8 Å². The largest absolute Gasteiger partial charge is 0.369 e. The Morgan fingerprint density at radius 3 is 2.17 bits per heavy atom. The quantitative estimate of drug-likeness (QED) is 0.569. The maximum atomic E-state index is 3.96. The molecule has 0 bridgehead atoms. The Hall–Kier alpha value is -0.720. The number of likely N-dealkylation sites (N-methyl/N-ethyl adjacent to an activating group) is 1. The number of nitrogens with zero attached hydrogens (tertiary/aromatic N) is 1. The van der Waals surface area contributed by atoms with Crippen LogP contribution in [0.15, 0.2) is 24.9 Å². The van der Waals surface area contributed by atoms with Gasteiger partial charge in [-0.15, -0.1) is 0 Å². The minimum atomic E-state index is 0.542. The standard InChI is InChI=1S/C11H21N/c1-7-10(5)12(8-2)11(6)9(3)4/h7,9,11H,1,5,8H2,2-4,6H3. The lowest BCUT2D eigenvalue weighted by Crippen LogP contribution is -2.34. The summed E-state index contributed by atoms with van der Waals surface area (Å²) in [5.41, 5.74) is 1.03. The summed E-state index contributed by atoms with van der Waals surface area (Å²) in [6.07, 6.45) is 1.82. The van der Waals surface area contributed by atoms with Gasteiger partial charge in [0.2, 0.25) is 0 Å². The van der Waals surface area contributed by atoms with E-state index in [9.17, 15) is 0 Å². The molecule has 0 N–H and O–H groups in total. The van der Waals surface area contributed by atoms with Gasteiger partial charge in [0, 0.05) is 18.3 Å². The fourth-order valence-corrected chi connectivity index (χ4v) is 1.23. The summed E-state index contributed by atoms with van der Waals surface area (Å²) in [5, 5.41) is 0. The van der Waals surface area contributed by atoms with Crippen molar-refractivity contribution in [3.63, 3.8) is 0 Å². The maximum Gasteiger partial charge on any atom is 0.0289 e. The van der Waals surface area contributed by atoms with Crippen LogP contribution >= 0.6 is 0 Å². The second kappa shape index (κ2) is 5.02. The van der Waals surface area contributed by atoms with Crippen LogP contribution in [0.25, 0.3) is 0 Å². The lowest BCUT2D eigenvalue weighted by atomic mass is 10.0. The minimum Gasteiger partial charge on any atom is -0.369 e. The molecule has 1 nitrogen and oxygen atoms in total. The zero-order valence-corrected chi connectivity index (χ0v) is 8.80. The summed E-state index contributed by atoms with van der Waals surface area (Å²) in [7, 11) is 0. The summed E-state index contributed by atoms with van der Waals surface area (Å²) in [5.74, 6) is 0.654. The van der Waals surface area contributed by atoms with E-state index in [1.54, 1.807) is 0 Å². The van der Waals surface area contributed by atoms with Gasteiger partial charge in [-0.05, 0) is 25.8 Å². The highest BCUT2D eigenvalue weighted by molar-refractivity contribution is 5.10. The molecule has 0 spiro atoms. The van der Waals surface area contributed by atoms with Crippen molar-refractivity contribution in [2.45, 2.75) is 33.7 Å². The number of rotatable bonds is 5. The molecule has 0 heterocycles. The van der Waals surface area contributed by atoms with E-state index in [0.717, 1.165) is 12.2 Å². The second-order valence-corrected chi connectivity index (χ2v) is 3.47. The van der Waals surface area contributed by atoms with Crippen molar-refractivity contribution in [1.29, 1.82) is 0 Å². The van der Waals surface area contributed by atoms with Crippen LogP contribution in [0.2, 0.25) is 0 Å². The van der Waals surface area contributed by atoms with Gasteiger partial charge in [0.25, 0.3) is 0 Å². The average molecular weight is 167 g/mol. The van der Waals surface area contributed by atoms with Crippen molar-refractivity contribution in [1.82, 2.24) is 4.90 Å². The minimum absolute atomic E-state index is 0.542. The van der Waals surface area contributed by atoms with Crippen LogP contribution in [-0.2, 0) is 0 Å². The van der Waals surface area contributed by atoms with E-state index >= 15 is 0 Å². The maximum absolute atomic E-state index is 3.96. The van der Waals surface area contributed by atoms with Crippen LogP contribution in [0.3, 0.4) is 0 Å². The predicted molar refractivity (Wildman–Crippen MR) is 56.0 cm³/mol. The molecule has 12 heavy (non-hydrogen) atoms. The lowest BCUT2D eigenvalue weighted by molar-refractivity contribution is 0.234. The van der Waals surface area contributed by atoms with Crippen molar-refractivity contribution in [2.24, 2.45) is 5.92 Å². The van der Waals surface area contributed by atoms with Gasteiger partial charge in [-0.25, -0.2) is 0 Å². The van der Waals surface area contributed by atoms with E-state index in [0.29, 0.717) is 12.0 Å². The van der Waals surface area contributed by atoms with E-state index in [-0.39, 0.29) is 0 Å². The zero-order valence-electron chi connectivity index (χ0n) is 8.80. The average Bonchev–Trinajstić information content (AvgIpc) is 2.05. The number of hydrogen-bond donors (Lipinski definition) is 0. The van der Waals surface area contributed by atoms with E-state index in [4.69, 9.17) is 0 Å². The second-order valence-electron chi connectivity index (χ2n) is 3.47. The van der Waals surface area contributed by atoms with Gasteiger partial charge in [0.05, 0.1) is 0 Å². The van der Waals surface area contributed by atoms with Gasteiger partial charge in [0.15, 0.2) is 0 Å². The first kappa shape index (κ1) is 11.3. The SMILES string of the molecule is C=CC(=C)N(CC)C(C)C(C)C. The predicted octanol–water partition coefficient (Wildman–Crippen LogP) is 3.05. The fourth-order valence-electron chi connectivity index (χ4n) is 1.23. The summed E-state index contributed by atoms with van der Waals surface area (Å²) >= 11 is 0. The summed E-state index contributed by atoms with van der Waals surface area (Å²) in [6, 6.07) is 0.542. The summed E-state index contributed by atoms with van der Waals surface area (Å²) in [4.78, 5) is 2.28. The molecule has 1 heteroatoms. The molecule has 0 fully saturated rings. The first-order valence-electron chi connectivity index (χ1n) is 4.62. The van der Waals surface area contributed by atoms with Crippen molar-refractivity contribution in [2.75, 3.05) is 6.54 Å². The molecule has 0 aromatic carbocycles. The third-order valence-corrected chi connectivity index (χ3v) is 2.40. The number of hydrogen-bond acceptors (Lipinski definition) is 1. The highest BCUT2D eigenvalue weighted by Crippen LogP contribution is 2.14. The van der Waals surface area contributed by atoms with Gasteiger partial charge in [0.1, 0.15) is 0 Å². The van der Waals surface area contributed by atoms with Gasteiger partial charge in [-0.3, -0.25) is 0 Å². The van der Waals surface area contributed by atoms with Crippen LogP contribution in [0.1, 0.15) is 27.7 Å². The molecular formula is C11H21N.